The summed E-state index contributed by atoms with van der Waals surface area (Å²) in [7, 11) is 0. The van der Waals surface area contributed by atoms with Gasteiger partial charge in [0.15, 0.2) is 5.78 Å². The number of halogens is 1. The van der Waals surface area contributed by atoms with Crippen LogP contribution >= 0.6 is 15.9 Å². The molecule has 0 spiro atoms. The summed E-state index contributed by atoms with van der Waals surface area (Å²) in [5.41, 5.74) is 1.99. The minimum atomic E-state index is 0.244. The average Bonchev–Trinajstić information content (AvgIpc) is 2.70. The molecular weight excluding hydrogens is 242 g/mol. The summed E-state index contributed by atoms with van der Waals surface area (Å²) in [6.45, 7) is 0.820. The third-order valence-electron chi connectivity index (χ3n) is 2.74. The van der Waals surface area contributed by atoms with Crippen LogP contribution in [0.4, 0.5) is 0 Å². The Bertz CT molecular complexity index is 541. The number of carbonyl (C=O) groups excluding carboxylic acids is 1. The molecule has 0 saturated carbocycles. The Morgan fingerprint density at radius 2 is 2.07 bits per heavy atom. The molecule has 3 rings (SSSR count). The van der Waals surface area contributed by atoms with Crippen LogP contribution in [0.5, 0.6) is 0 Å². The van der Waals surface area contributed by atoms with E-state index in [1.54, 1.807) is 0 Å². The summed E-state index contributed by atoms with van der Waals surface area (Å²) in [5.74, 6) is 0.244. The quantitative estimate of drug-likeness (QED) is 0.704. The van der Waals surface area contributed by atoms with E-state index in [9.17, 15) is 4.79 Å². The number of rotatable bonds is 0. The molecule has 1 aromatic heterocycles. The lowest BCUT2D eigenvalue weighted by atomic mass is 10.2. The Labute approximate surface area is 89.7 Å². The number of fused-ring (bicyclic) bond motifs is 3. The third-order valence-corrected chi connectivity index (χ3v) is 3.54. The maximum absolute atomic E-state index is 11.6. The molecule has 2 heterocycles. The van der Waals surface area contributed by atoms with Crippen molar-refractivity contribution in [1.29, 1.82) is 0 Å². The monoisotopic (exact) mass is 249 g/mol. The third kappa shape index (κ3) is 0.879. The van der Waals surface area contributed by atoms with Crippen LogP contribution in [0, 0.1) is 0 Å². The summed E-state index contributed by atoms with van der Waals surface area (Å²) >= 11 is 3.50. The zero-order valence-corrected chi connectivity index (χ0v) is 9.04. The highest BCUT2D eigenvalue weighted by Gasteiger charge is 2.25. The Morgan fingerprint density at radius 1 is 1.29 bits per heavy atom. The van der Waals surface area contributed by atoms with E-state index < -0.39 is 0 Å². The normalized spacial score (nSPS) is 15.1. The number of aromatic nitrogens is 1. The predicted octanol–water partition coefficient (Wildman–Crippen LogP) is 2.99. The number of hydrogen-bond donors (Lipinski definition) is 0. The molecule has 1 aliphatic heterocycles. The summed E-state index contributed by atoms with van der Waals surface area (Å²) in [6.07, 6.45) is 0.638. The number of Topliss-reactive ketones (excluding diaryl/α,β-unsaturated/α-hetero) is 1. The largest absolute Gasteiger partial charge is 0.337 e. The summed E-state index contributed by atoms with van der Waals surface area (Å²) < 4.78 is 3.05. The van der Waals surface area contributed by atoms with Crippen molar-refractivity contribution in [3.63, 3.8) is 0 Å². The highest BCUT2D eigenvalue weighted by atomic mass is 79.9. The fourth-order valence-corrected chi connectivity index (χ4v) is 2.87. The number of nitrogens with zero attached hydrogens (tertiary/aromatic N) is 1. The molecule has 0 bridgehead atoms. The van der Waals surface area contributed by atoms with Gasteiger partial charge in [0.05, 0.1) is 10.2 Å². The smallest absolute Gasteiger partial charge is 0.182 e. The fraction of sp³-hybridized carbons (Fsp3) is 0.182. The van der Waals surface area contributed by atoms with Gasteiger partial charge < -0.3 is 4.57 Å². The molecule has 0 radical (unpaired) electrons. The molecule has 1 aromatic carbocycles. The van der Waals surface area contributed by atoms with Crippen LogP contribution in [0.3, 0.4) is 0 Å². The second-order valence-corrected chi connectivity index (χ2v) is 4.30. The van der Waals surface area contributed by atoms with Crippen molar-refractivity contribution in [3.05, 3.63) is 34.4 Å². The first-order chi connectivity index (χ1) is 6.79. The van der Waals surface area contributed by atoms with Crippen LogP contribution in [-0.4, -0.2) is 10.4 Å². The van der Waals surface area contributed by atoms with Crippen LogP contribution in [0.1, 0.15) is 16.9 Å². The van der Waals surface area contributed by atoms with Crippen molar-refractivity contribution in [1.82, 2.24) is 4.57 Å². The molecule has 0 amide bonds. The highest BCUT2D eigenvalue weighted by molar-refractivity contribution is 9.10. The zero-order valence-electron chi connectivity index (χ0n) is 7.46. The first kappa shape index (κ1) is 8.24. The van der Waals surface area contributed by atoms with Gasteiger partial charge in [-0.05, 0) is 22.0 Å². The molecule has 3 heteroatoms. The molecule has 0 saturated heterocycles. The first-order valence-electron chi connectivity index (χ1n) is 4.59. The molecular formula is C11H8BrNO. The van der Waals surface area contributed by atoms with E-state index in [2.05, 4.69) is 26.6 Å². The van der Waals surface area contributed by atoms with Crippen LogP contribution < -0.4 is 0 Å². The van der Waals surface area contributed by atoms with E-state index in [0.29, 0.717) is 6.42 Å². The van der Waals surface area contributed by atoms with Gasteiger partial charge in [-0.15, -0.1) is 0 Å². The lowest BCUT2D eigenvalue weighted by Crippen LogP contribution is -1.92. The Kier molecular flexibility index (Phi) is 1.59. The number of para-hydroxylation sites is 1. The van der Waals surface area contributed by atoms with E-state index in [1.807, 2.05) is 18.2 Å². The van der Waals surface area contributed by atoms with Gasteiger partial charge in [0, 0.05) is 23.9 Å². The van der Waals surface area contributed by atoms with Crippen LogP contribution in [0.15, 0.2) is 28.7 Å². The lowest BCUT2D eigenvalue weighted by Gasteiger charge is -1.96. The summed E-state index contributed by atoms with van der Waals surface area (Å²) in [5, 5.41) is 1.13. The minimum absolute atomic E-state index is 0.244. The van der Waals surface area contributed by atoms with E-state index >= 15 is 0 Å². The van der Waals surface area contributed by atoms with Crippen molar-refractivity contribution in [2.45, 2.75) is 13.0 Å². The zero-order chi connectivity index (χ0) is 9.71. The first-order valence-corrected chi connectivity index (χ1v) is 5.38. The SMILES string of the molecule is O=C1CCn2c1c(Br)c1ccccc12. The predicted molar refractivity (Wildman–Crippen MR) is 58.6 cm³/mol. The molecule has 2 aromatic rings. The van der Waals surface area contributed by atoms with Gasteiger partial charge in [0.1, 0.15) is 0 Å². The van der Waals surface area contributed by atoms with E-state index in [-0.39, 0.29) is 5.78 Å². The van der Waals surface area contributed by atoms with E-state index in [0.717, 1.165) is 27.6 Å². The highest BCUT2D eigenvalue weighted by Crippen LogP contribution is 2.34. The number of aryl methyl sites for hydroxylation is 1. The van der Waals surface area contributed by atoms with Crippen molar-refractivity contribution in [2.75, 3.05) is 0 Å². The standard InChI is InChI=1S/C11H8BrNO/c12-10-7-3-1-2-4-8(7)13-6-5-9(14)11(10)13/h1-4H,5-6H2. The lowest BCUT2D eigenvalue weighted by molar-refractivity contribution is 0.0994. The number of benzene rings is 1. The second kappa shape index (κ2) is 2.70. The molecule has 2 nitrogen and oxygen atoms in total. The molecule has 14 heavy (non-hydrogen) atoms. The summed E-state index contributed by atoms with van der Waals surface area (Å²) in [4.78, 5) is 11.6. The van der Waals surface area contributed by atoms with Gasteiger partial charge in [-0.1, -0.05) is 18.2 Å². The van der Waals surface area contributed by atoms with Gasteiger partial charge in [-0.3, -0.25) is 4.79 Å². The number of ketones is 1. The van der Waals surface area contributed by atoms with Crippen molar-refractivity contribution < 1.29 is 4.79 Å². The molecule has 1 aliphatic rings. The fourth-order valence-electron chi connectivity index (χ4n) is 2.10. The van der Waals surface area contributed by atoms with Crippen LogP contribution in [-0.2, 0) is 6.54 Å². The molecule has 70 valence electrons. The average molecular weight is 250 g/mol. The van der Waals surface area contributed by atoms with Crippen molar-refractivity contribution >= 4 is 32.6 Å². The van der Waals surface area contributed by atoms with Crippen LogP contribution in [0.2, 0.25) is 0 Å². The molecule has 0 N–H and O–H groups in total. The van der Waals surface area contributed by atoms with E-state index in [1.165, 1.54) is 0 Å². The van der Waals surface area contributed by atoms with Crippen molar-refractivity contribution in [2.24, 2.45) is 0 Å². The topological polar surface area (TPSA) is 22.0 Å². The van der Waals surface area contributed by atoms with Gasteiger partial charge in [0.2, 0.25) is 0 Å². The Morgan fingerprint density at radius 3 is 2.93 bits per heavy atom. The Balaban J connectivity index is 2.51. The summed E-state index contributed by atoms with van der Waals surface area (Å²) in [6, 6.07) is 8.10. The second-order valence-electron chi connectivity index (χ2n) is 3.50. The van der Waals surface area contributed by atoms with Gasteiger partial charge in [-0.2, -0.15) is 0 Å². The number of hydrogen-bond acceptors (Lipinski definition) is 1. The van der Waals surface area contributed by atoms with Crippen molar-refractivity contribution in [3.8, 4) is 0 Å². The molecule has 0 atom stereocenters. The molecule has 0 fully saturated rings. The van der Waals surface area contributed by atoms with Gasteiger partial charge in [-0.25, -0.2) is 0 Å². The van der Waals surface area contributed by atoms with E-state index in [4.69, 9.17) is 0 Å². The van der Waals surface area contributed by atoms with Crippen LogP contribution in [0.25, 0.3) is 10.9 Å². The maximum Gasteiger partial charge on any atom is 0.182 e. The number of carbonyl (C=O) groups is 1. The minimum Gasteiger partial charge on any atom is -0.337 e. The molecule has 0 unspecified atom stereocenters. The van der Waals surface area contributed by atoms with Gasteiger partial charge in [0.25, 0.3) is 0 Å². The Hall–Kier alpha value is -1.09. The molecule has 0 aliphatic carbocycles. The maximum atomic E-state index is 11.6. The van der Waals surface area contributed by atoms with Gasteiger partial charge >= 0.3 is 0 Å².